The number of hydrogen-bond donors (Lipinski definition) is 1. The van der Waals surface area contributed by atoms with E-state index >= 15 is 0 Å². The number of benzene rings is 1. The van der Waals surface area contributed by atoms with Gasteiger partial charge in [-0.1, -0.05) is 18.2 Å². The molecule has 7 nitrogen and oxygen atoms in total. The fourth-order valence-corrected chi connectivity index (χ4v) is 2.94. The predicted octanol–water partition coefficient (Wildman–Crippen LogP) is 1.16. The van der Waals surface area contributed by atoms with Gasteiger partial charge in [0.15, 0.2) is 5.96 Å². The lowest BCUT2D eigenvalue weighted by Gasteiger charge is -2.27. The van der Waals surface area contributed by atoms with E-state index in [1.165, 1.54) is 0 Å². The first kappa shape index (κ1) is 21.2. The second kappa shape index (κ2) is 11.6. The highest BCUT2D eigenvalue weighted by Crippen LogP contribution is 2.19. The first-order valence-corrected chi connectivity index (χ1v) is 8.96. The van der Waals surface area contributed by atoms with Crippen LogP contribution in [0.5, 0.6) is 5.75 Å². The van der Waals surface area contributed by atoms with Crippen molar-refractivity contribution in [2.45, 2.75) is 6.54 Å². The molecule has 0 aromatic heterocycles. The van der Waals surface area contributed by atoms with Gasteiger partial charge in [-0.2, -0.15) is 0 Å². The zero-order valence-electron chi connectivity index (χ0n) is 15.1. The van der Waals surface area contributed by atoms with Crippen LogP contribution in [-0.2, 0) is 16.0 Å². The molecule has 2 heterocycles. The van der Waals surface area contributed by atoms with Crippen molar-refractivity contribution < 1.29 is 14.2 Å². The molecule has 0 atom stereocenters. The first-order valence-electron chi connectivity index (χ1n) is 8.96. The molecule has 3 rings (SSSR count). The summed E-state index contributed by atoms with van der Waals surface area (Å²) in [5, 5.41) is 0. The van der Waals surface area contributed by atoms with E-state index in [2.05, 4.69) is 14.8 Å². The second-order valence-electron chi connectivity index (χ2n) is 6.18. The van der Waals surface area contributed by atoms with Crippen molar-refractivity contribution in [3.05, 3.63) is 29.8 Å². The third kappa shape index (κ3) is 6.57. The number of guanidine groups is 1. The molecular weight excluding hydrogens is 447 g/mol. The van der Waals surface area contributed by atoms with Gasteiger partial charge in [-0.05, 0) is 6.07 Å². The Balaban J connectivity index is 0.00000243. The number of para-hydroxylation sites is 1. The molecule has 26 heavy (non-hydrogen) atoms. The Labute approximate surface area is 172 Å². The third-order valence-electron chi connectivity index (χ3n) is 4.49. The number of rotatable bonds is 6. The lowest BCUT2D eigenvalue weighted by Crippen LogP contribution is -2.44. The van der Waals surface area contributed by atoms with Crippen LogP contribution in [0.4, 0.5) is 0 Å². The summed E-state index contributed by atoms with van der Waals surface area (Å²) < 4.78 is 16.7. The maximum absolute atomic E-state index is 6.11. The molecule has 0 spiro atoms. The van der Waals surface area contributed by atoms with Gasteiger partial charge in [-0.3, -0.25) is 4.90 Å². The fourth-order valence-electron chi connectivity index (χ4n) is 2.94. The highest BCUT2D eigenvalue weighted by Gasteiger charge is 2.13. The van der Waals surface area contributed by atoms with Crippen molar-refractivity contribution in [1.82, 2.24) is 9.80 Å². The largest absolute Gasteiger partial charge is 0.492 e. The van der Waals surface area contributed by atoms with Crippen molar-refractivity contribution in [3.8, 4) is 5.75 Å². The second-order valence-corrected chi connectivity index (χ2v) is 6.18. The van der Waals surface area contributed by atoms with Crippen molar-refractivity contribution in [2.24, 2.45) is 10.7 Å². The summed E-state index contributed by atoms with van der Waals surface area (Å²) in [4.78, 5) is 8.96. The zero-order valence-corrected chi connectivity index (χ0v) is 17.5. The minimum atomic E-state index is 0. The average Bonchev–Trinajstić information content (AvgIpc) is 2.68. The van der Waals surface area contributed by atoms with Gasteiger partial charge in [0, 0.05) is 38.3 Å². The first-order chi connectivity index (χ1) is 12.3. The SMILES string of the molecule is I.NC(=NCc1ccccc1OCCN1CCOCC1)N1CCOCC1. The molecule has 2 aliphatic heterocycles. The summed E-state index contributed by atoms with van der Waals surface area (Å²) in [7, 11) is 0. The van der Waals surface area contributed by atoms with E-state index < -0.39 is 0 Å². The van der Waals surface area contributed by atoms with Gasteiger partial charge in [-0.15, -0.1) is 24.0 Å². The van der Waals surface area contributed by atoms with E-state index in [0.717, 1.165) is 57.3 Å². The summed E-state index contributed by atoms with van der Waals surface area (Å²) >= 11 is 0. The Bertz CT molecular complexity index is 561. The number of hydrogen-bond acceptors (Lipinski definition) is 5. The number of halogens is 1. The Morgan fingerprint density at radius 1 is 1.04 bits per heavy atom. The van der Waals surface area contributed by atoms with Crippen LogP contribution in [-0.4, -0.2) is 81.5 Å². The van der Waals surface area contributed by atoms with Crippen LogP contribution in [0, 0.1) is 0 Å². The fraction of sp³-hybridized carbons (Fsp3) is 0.611. The smallest absolute Gasteiger partial charge is 0.191 e. The number of morpholine rings is 2. The highest BCUT2D eigenvalue weighted by atomic mass is 127. The Hall–Kier alpha value is -1.10. The van der Waals surface area contributed by atoms with Crippen molar-refractivity contribution in [1.29, 1.82) is 0 Å². The van der Waals surface area contributed by atoms with Gasteiger partial charge in [-0.25, -0.2) is 4.99 Å². The highest BCUT2D eigenvalue weighted by molar-refractivity contribution is 14.0. The van der Waals surface area contributed by atoms with Gasteiger partial charge in [0.05, 0.1) is 33.0 Å². The monoisotopic (exact) mass is 476 g/mol. The predicted molar refractivity (Wildman–Crippen MR) is 112 cm³/mol. The molecule has 0 aliphatic carbocycles. The summed E-state index contributed by atoms with van der Waals surface area (Å²) in [5.74, 6) is 1.46. The van der Waals surface area contributed by atoms with E-state index in [9.17, 15) is 0 Å². The quantitative estimate of drug-likeness (QED) is 0.378. The van der Waals surface area contributed by atoms with Gasteiger partial charge in [0.2, 0.25) is 0 Å². The summed E-state index contributed by atoms with van der Waals surface area (Å²) in [6.45, 7) is 8.69. The average molecular weight is 476 g/mol. The molecule has 1 aromatic rings. The van der Waals surface area contributed by atoms with Crippen molar-refractivity contribution in [3.63, 3.8) is 0 Å². The Kier molecular flexibility index (Phi) is 9.44. The van der Waals surface area contributed by atoms with Crippen LogP contribution >= 0.6 is 24.0 Å². The van der Waals surface area contributed by atoms with Gasteiger partial charge < -0.3 is 24.8 Å². The number of nitrogens with zero attached hydrogens (tertiary/aromatic N) is 3. The molecule has 0 bridgehead atoms. The van der Waals surface area contributed by atoms with Gasteiger partial charge in [0.1, 0.15) is 12.4 Å². The van der Waals surface area contributed by atoms with Crippen LogP contribution < -0.4 is 10.5 Å². The van der Waals surface area contributed by atoms with Crippen LogP contribution in [0.25, 0.3) is 0 Å². The minimum absolute atomic E-state index is 0. The molecule has 0 radical (unpaired) electrons. The minimum Gasteiger partial charge on any atom is -0.492 e. The molecule has 0 saturated carbocycles. The van der Waals surface area contributed by atoms with Crippen LogP contribution in [0.2, 0.25) is 0 Å². The number of nitrogens with two attached hydrogens (primary N) is 1. The summed E-state index contributed by atoms with van der Waals surface area (Å²) in [6.07, 6.45) is 0. The molecule has 2 saturated heterocycles. The molecule has 146 valence electrons. The van der Waals surface area contributed by atoms with E-state index in [-0.39, 0.29) is 24.0 Å². The van der Waals surface area contributed by atoms with E-state index in [1.54, 1.807) is 0 Å². The zero-order chi connectivity index (χ0) is 17.3. The maximum Gasteiger partial charge on any atom is 0.191 e. The molecule has 1 aromatic carbocycles. The Morgan fingerprint density at radius 3 is 2.42 bits per heavy atom. The molecule has 2 fully saturated rings. The number of ether oxygens (including phenoxy) is 3. The van der Waals surface area contributed by atoms with Crippen LogP contribution in [0.1, 0.15) is 5.56 Å². The van der Waals surface area contributed by atoms with Crippen LogP contribution in [0.3, 0.4) is 0 Å². The van der Waals surface area contributed by atoms with Crippen molar-refractivity contribution in [2.75, 3.05) is 65.8 Å². The molecule has 2 aliphatic rings. The lowest BCUT2D eigenvalue weighted by molar-refractivity contribution is 0.0322. The maximum atomic E-state index is 6.11. The van der Waals surface area contributed by atoms with E-state index in [0.29, 0.717) is 32.3 Å². The Morgan fingerprint density at radius 2 is 1.69 bits per heavy atom. The number of aliphatic imine (C=N–C) groups is 1. The molecule has 8 heteroatoms. The molecule has 0 unspecified atom stereocenters. The van der Waals surface area contributed by atoms with E-state index in [4.69, 9.17) is 19.9 Å². The summed E-state index contributed by atoms with van der Waals surface area (Å²) in [6, 6.07) is 8.03. The lowest BCUT2D eigenvalue weighted by atomic mass is 10.2. The van der Waals surface area contributed by atoms with Gasteiger partial charge in [0.25, 0.3) is 0 Å². The molecular formula is C18H29IN4O3. The normalized spacial score (nSPS) is 19.1. The third-order valence-corrected chi connectivity index (χ3v) is 4.49. The van der Waals surface area contributed by atoms with Crippen LogP contribution in [0.15, 0.2) is 29.3 Å². The molecule has 2 N–H and O–H groups in total. The van der Waals surface area contributed by atoms with Gasteiger partial charge >= 0.3 is 0 Å². The summed E-state index contributed by atoms with van der Waals surface area (Å²) in [5.41, 5.74) is 7.16. The topological polar surface area (TPSA) is 72.5 Å². The van der Waals surface area contributed by atoms with E-state index in [1.807, 2.05) is 24.3 Å². The van der Waals surface area contributed by atoms with Crippen molar-refractivity contribution >= 4 is 29.9 Å². The molecule has 0 amide bonds. The standard InChI is InChI=1S/C18H28N4O3.HI/c19-18(22-8-12-24-13-9-22)20-15-16-3-1-2-4-17(16)25-14-7-21-5-10-23-11-6-21;/h1-4H,5-15H2,(H2,19,20);1H.